The molecule has 1 saturated carbocycles. The Kier molecular flexibility index (Phi) is 4.14. The van der Waals surface area contributed by atoms with E-state index in [1.54, 1.807) is 0 Å². The van der Waals surface area contributed by atoms with E-state index in [4.69, 9.17) is 4.99 Å². The van der Waals surface area contributed by atoms with Crippen LogP contribution in [0.1, 0.15) is 52.4 Å². The summed E-state index contributed by atoms with van der Waals surface area (Å²) in [6.45, 7) is 4.36. The van der Waals surface area contributed by atoms with Crippen molar-refractivity contribution in [2.45, 2.75) is 64.5 Å². The van der Waals surface area contributed by atoms with Gasteiger partial charge >= 0.3 is 0 Å². The van der Waals surface area contributed by atoms with Crippen LogP contribution in [0.5, 0.6) is 0 Å². The SMILES string of the molecule is CC1(C)CC(=O)C2=C(C1)N[C@H]1CCCC[C@H]1N=C2Nc1ccccc1. The number of Topliss-reactive ketones (excluding diaryl/α,β-unsaturated/α-hetero) is 1. The number of carbonyl (C=O) groups excluding carboxylic acids is 1. The van der Waals surface area contributed by atoms with Gasteiger partial charge in [-0.3, -0.25) is 9.79 Å². The van der Waals surface area contributed by atoms with Crippen LogP contribution in [0.3, 0.4) is 0 Å². The highest BCUT2D eigenvalue weighted by Crippen LogP contribution is 2.39. The first-order chi connectivity index (χ1) is 12.0. The average molecular weight is 337 g/mol. The van der Waals surface area contributed by atoms with Crippen molar-refractivity contribution in [3.63, 3.8) is 0 Å². The van der Waals surface area contributed by atoms with Gasteiger partial charge < -0.3 is 10.6 Å². The van der Waals surface area contributed by atoms with E-state index in [1.165, 1.54) is 12.8 Å². The molecule has 2 atom stereocenters. The van der Waals surface area contributed by atoms with Crippen molar-refractivity contribution in [1.29, 1.82) is 0 Å². The number of hydrogen-bond acceptors (Lipinski definition) is 4. The summed E-state index contributed by atoms with van der Waals surface area (Å²) in [5, 5.41) is 7.17. The fourth-order valence-corrected chi connectivity index (χ4v) is 4.36. The van der Waals surface area contributed by atoms with E-state index in [2.05, 4.69) is 24.5 Å². The standard InChI is InChI=1S/C21H27N3O/c1-21(2)12-17-19(18(25)13-21)20(22-14-8-4-3-5-9-14)24-16-11-7-6-10-15(16)23-17/h3-5,8-9,15-16,23H,6-7,10-13H2,1-2H3,(H,22,24)/t15-,16+/m0/s1. The molecule has 1 aromatic carbocycles. The van der Waals surface area contributed by atoms with E-state index in [0.717, 1.165) is 42.1 Å². The number of aliphatic imine (C=N–C) groups is 1. The first-order valence-electron chi connectivity index (χ1n) is 9.45. The molecule has 3 aliphatic rings. The average Bonchev–Trinajstić information content (AvgIpc) is 2.70. The Hall–Kier alpha value is -2.10. The van der Waals surface area contributed by atoms with Gasteiger partial charge in [0.2, 0.25) is 0 Å². The van der Waals surface area contributed by atoms with Crippen molar-refractivity contribution in [1.82, 2.24) is 5.32 Å². The molecule has 0 radical (unpaired) electrons. The van der Waals surface area contributed by atoms with Gasteiger partial charge in [0.15, 0.2) is 5.78 Å². The van der Waals surface area contributed by atoms with Gasteiger partial charge in [-0.15, -0.1) is 0 Å². The summed E-state index contributed by atoms with van der Waals surface area (Å²) in [6, 6.07) is 10.7. The van der Waals surface area contributed by atoms with Crippen LogP contribution < -0.4 is 10.6 Å². The molecule has 132 valence electrons. The Bertz CT molecular complexity index is 733. The van der Waals surface area contributed by atoms with E-state index < -0.39 is 0 Å². The molecule has 4 nitrogen and oxygen atoms in total. The van der Waals surface area contributed by atoms with Crippen molar-refractivity contribution in [2.75, 3.05) is 5.32 Å². The third-order valence-corrected chi connectivity index (χ3v) is 5.53. The molecule has 2 N–H and O–H groups in total. The first kappa shape index (κ1) is 16.4. The molecule has 0 spiro atoms. The van der Waals surface area contributed by atoms with Crippen LogP contribution in [0.4, 0.5) is 5.69 Å². The van der Waals surface area contributed by atoms with Gasteiger partial charge in [-0.1, -0.05) is 44.9 Å². The zero-order valence-corrected chi connectivity index (χ0v) is 15.1. The number of nitrogens with one attached hydrogen (secondary N) is 2. The summed E-state index contributed by atoms with van der Waals surface area (Å²) in [4.78, 5) is 18.0. The van der Waals surface area contributed by atoms with Gasteiger partial charge in [0.1, 0.15) is 5.84 Å². The first-order valence-corrected chi connectivity index (χ1v) is 9.45. The molecule has 0 saturated heterocycles. The second-order valence-corrected chi connectivity index (χ2v) is 8.37. The van der Waals surface area contributed by atoms with Crippen LogP contribution in [0, 0.1) is 5.41 Å². The lowest BCUT2D eigenvalue weighted by Gasteiger charge is -2.35. The number of carbonyl (C=O) groups is 1. The van der Waals surface area contributed by atoms with Crippen molar-refractivity contribution >= 4 is 17.3 Å². The van der Waals surface area contributed by atoms with Crippen molar-refractivity contribution in [2.24, 2.45) is 10.4 Å². The highest BCUT2D eigenvalue weighted by atomic mass is 16.1. The summed E-state index contributed by atoms with van der Waals surface area (Å²) in [7, 11) is 0. The Balaban J connectivity index is 1.76. The maximum absolute atomic E-state index is 13.0. The zero-order chi connectivity index (χ0) is 17.4. The molecule has 1 fully saturated rings. The van der Waals surface area contributed by atoms with Crippen LogP contribution in [0.25, 0.3) is 0 Å². The molecule has 1 aliphatic heterocycles. The molecule has 25 heavy (non-hydrogen) atoms. The molecule has 0 unspecified atom stereocenters. The number of nitrogens with zero attached hydrogens (tertiary/aromatic N) is 1. The van der Waals surface area contributed by atoms with Gasteiger partial charge in [-0.05, 0) is 36.8 Å². The molecular weight excluding hydrogens is 310 g/mol. The lowest BCUT2D eigenvalue weighted by Crippen LogP contribution is -2.42. The van der Waals surface area contributed by atoms with Crippen molar-refractivity contribution in [3.8, 4) is 0 Å². The number of anilines is 1. The Labute approximate surface area is 149 Å². The van der Waals surface area contributed by atoms with Gasteiger partial charge in [0.25, 0.3) is 0 Å². The Morgan fingerprint density at radius 1 is 1.12 bits per heavy atom. The van der Waals surface area contributed by atoms with Crippen LogP contribution in [-0.2, 0) is 4.79 Å². The second-order valence-electron chi connectivity index (χ2n) is 8.37. The lowest BCUT2D eigenvalue weighted by atomic mass is 9.75. The lowest BCUT2D eigenvalue weighted by molar-refractivity contribution is -0.117. The normalized spacial score (nSPS) is 28.2. The van der Waals surface area contributed by atoms with E-state index in [-0.39, 0.29) is 17.2 Å². The molecule has 1 aromatic rings. The minimum absolute atomic E-state index is 0.00920. The molecule has 0 amide bonds. The maximum atomic E-state index is 13.0. The molecule has 4 rings (SSSR count). The number of ketones is 1. The highest BCUT2D eigenvalue weighted by Gasteiger charge is 2.39. The third kappa shape index (κ3) is 3.35. The minimum Gasteiger partial charge on any atom is -0.383 e. The summed E-state index contributed by atoms with van der Waals surface area (Å²) >= 11 is 0. The predicted octanol–water partition coefficient (Wildman–Crippen LogP) is 4.05. The molecular formula is C21H27N3O. The van der Waals surface area contributed by atoms with E-state index in [1.807, 2.05) is 30.3 Å². The van der Waals surface area contributed by atoms with Gasteiger partial charge in [-0.25, -0.2) is 0 Å². The molecule has 1 heterocycles. The second kappa shape index (κ2) is 6.32. The van der Waals surface area contributed by atoms with Crippen LogP contribution in [0.2, 0.25) is 0 Å². The Morgan fingerprint density at radius 3 is 2.68 bits per heavy atom. The van der Waals surface area contributed by atoms with E-state index in [9.17, 15) is 4.79 Å². The molecule has 4 heteroatoms. The Morgan fingerprint density at radius 2 is 1.88 bits per heavy atom. The summed E-state index contributed by atoms with van der Waals surface area (Å²) in [5.41, 5.74) is 2.88. The monoisotopic (exact) mass is 337 g/mol. The van der Waals surface area contributed by atoms with Gasteiger partial charge in [-0.2, -0.15) is 0 Å². The number of amidine groups is 1. The quantitative estimate of drug-likeness (QED) is 0.813. The topological polar surface area (TPSA) is 53.5 Å². The smallest absolute Gasteiger partial charge is 0.168 e. The summed E-state index contributed by atoms with van der Waals surface area (Å²) in [5.74, 6) is 0.975. The number of allylic oxidation sites excluding steroid dienone is 1. The van der Waals surface area contributed by atoms with Gasteiger partial charge in [0, 0.05) is 23.8 Å². The number of para-hydroxylation sites is 1. The molecule has 0 bridgehead atoms. The fourth-order valence-electron chi connectivity index (χ4n) is 4.36. The van der Waals surface area contributed by atoms with Gasteiger partial charge in [0.05, 0.1) is 11.6 Å². The summed E-state index contributed by atoms with van der Waals surface area (Å²) in [6.07, 6.45) is 6.18. The number of hydrogen-bond donors (Lipinski definition) is 2. The fraction of sp³-hybridized carbons (Fsp3) is 0.524. The van der Waals surface area contributed by atoms with E-state index in [0.29, 0.717) is 12.5 Å². The maximum Gasteiger partial charge on any atom is 0.168 e. The zero-order valence-electron chi connectivity index (χ0n) is 15.1. The molecule has 0 aromatic heterocycles. The number of rotatable bonds is 1. The molecule has 2 aliphatic carbocycles. The number of fused-ring (bicyclic) bond motifs is 1. The highest BCUT2D eigenvalue weighted by molar-refractivity contribution is 6.27. The minimum atomic E-state index is 0.00920. The van der Waals surface area contributed by atoms with Crippen LogP contribution in [0.15, 0.2) is 46.6 Å². The van der Waals surface area contributed by atoms with Crippen molar-refractivity contribution in [3.05, 3.63) is 41.6 Å². The third-order valence-electron chi connectivity index (χ3n) is 5.53. The van der Waals surface area contributed by atoms with Crippen molar-refractivity contribution < 1.29 is 4.79 Å². The largest absolute Gasteiger partial charge is 0.383 e. The predicted molar refractivity (Wildman–Crippen MR) is 102 cm³/mol. The number of benzene rings is 1. The summed E-state index contributed by atoms with van der Waals surface area (Å²) < 4.78 is 0. The van der Waals surface area contributed by atoms with Crippen LogP contribution in [-0.4, -0.2) is 23.7 Å². The van der Waals surface area contributed by atoms with E-state index >= 15 is 0 Å². The van der Waals surface area contributed by atoms with Crippen LogP contribution >= 0.6 is 0 Å².